The third-order valence-corrected chi connectivity index (χ3v) is 3.33. The molecule has 0 fully saturated rings. The van der Waals surface area contributed by atoms with Gasteiger partial charge in [0, 0.05) is 6.54 Å². The molecule has 100 valence electrons. The zero-order chi connectivity index (χ0) is 13.4. The first kappa shape index (κ1) is 14.9. The summed E-state index contributed by atoms with van der Waals surface area (Å²) < 4.78 is 0. The second-order valence-corrected chi connectivity index (χ2v) is 4.99. The van der Waals surface area contributed by atoms with E-state index in [1.54, 1.807) is 23.9 Å². The molecular weight excluding hydrogens is 250 g/mol. The van der Waals surface area contributed by atoms with E-state index in [1.807, 2.05) is 18.4 Å². The SMILES string of the molecule is CSCC[C@H](NCCc1ccccc1O)C(=O)O. The number of rotatable bonds is 8. The largest absolute Gasteiger partial charge is 0.508 e. The normalized spacial score (nSPS) is 12.3. The quantitative estimate of drug-likeness (QED) is 0.670. The number of aliphatic carboxylic acids is 1. The van der Waals surface area contributed by atoms with Gasteiger partial charge in [-0.2, -0.15) is 11.8 Å². The topological polar surface area (TPSA) is 69.6 Å². The fraction of sp³-hybridized carbons (Fsp3) is 0.462. The number of carbonyl (C=O) groups is 1. The van der Waals surface area contributed by atoms with Gasteiger partial charge in [-0.3, -0.25) is 4.79 Å². The number of phenolic OH excluding ortho intramolecular Hbond substituents is 1. The van der Waals surface area contributed by atoms with Gasteiger partial charge in [0.1, 0.15) is 11.8 Å². The highest BCUT2D eigenvalue weighted by Gasteiger charge is 2.15. The zero-order valence-electron chi connectivity index (χ0n) is 10.4. The molecule has 0 unspecified atom stereocenters. The van der Waals surface area contributed by atoms with Crippen molar-refractivity contribution in [1.82, 2.24) is 5.32 Å². The van der Waals surface area contributed by atoms with Crippen LogP contribution in [0.3, 0.4) is 0 Å². The molecule has 1 aromatic rings. The van der Waals surface area contributed by atoms with Crippen molar-refractivity contribution in [2.75, 3.05) is 18.6 Å². The number of hydrogen-bond acceptors (Lipinski definition) is 4. The first-order valence-corrected chi connectivity index (χ1v) is 7.26. The average molecular weight is 269 g/mol. The van der Waals surface area contributed by atoms with Gasteiger partial charge in [-0.25, -0.2) is 0 Å². The summed E-state index contributed by atoms with van der Waals surface area (Å²) in [5.74, 6) is 0.261. The van der Waals surface area contributed by atoms with E-state index in [2.05, 4.69) is 5.32 Å². The Morgan fingerprint density at radius 2 is 2.17 bits per heavy atom. The molecule has 1 atom stereocenters. The third kappa shape index (κ3) is 4.98. The fourth-order valence-electron chi connectivity index (χ4n) is 1.65. The van der Waals surface area contributed by atoms with Gasteiger partial charge >= 0.3 is 5.97 Å². The van der Waals surface area contributed by atoms with Gasteiger partial charge in [-0.05, 0) is 36.5 Å². The fourth-order valence-corrected chi connectivity index (χ4v) is 2.12. The minimum absolute atomic E-state index is 0.260. The maximum absolute atomic E-state index is 11.0. The van der Waals surface area contributed by atoms with Crippen LogP contribution in [0.4, 0.5) is 0 Å². The molecule has 1 rings (SSSR count). The standard InChI is InChI=1S/C13H19NO3S/c1-18-9-7-11(13(16)17)14-8-6-10-4-2-3-5-12(10)15/h2-5,11,14-15H,6-9H2,1H3,(H,16,17)/t11-/m0/s1. The monoisotopic (exact) mass is 269 g/mol. The summed E-state index contributed by atoms with van der Waals surface area (Å²) in [7, 11) is 0. The molecule has 5 heteroatoms. The van der Waals surface area contributed by atoms with Crippen LogP contribution in [0.15, 0.2) is 24.3 Å². The van der Waals surface area contributed by atoms with E-state index in [9.17, 15) is 9.90 Å². The zero-order valence-corrected chi connectivity index (χ0v) is 11.2. The first-order chi connectivity index (χ1) is 8.65. The molecule has 0 aliphatic rings. The van der Waals surface area contributed by atoms with E-state index in [4.69, 9.17) is 5.11 Å². The Labute approximate surface area is 111 Å². The van der Waals surface area contributed by atoms with E-state index in [-0.39, 0.29) is 5.75 Å². The van der Waals surface area contributed by atoms with Crippen LogP contribution in [-0.2, 0) is 11.2 Å². The van der Waals surface area contributed by atoms with Crippen LogP contribution in [0.2, 0.25) is 0 Å². The minimum atomic E-state index is -0.818. The summed E-state index contributed by atoms with van der Waals surface area (Å²) in [5, 5.41) is 21.6. The van der Waals surface area contributed by atoms with Crippen molar-refractivity contribution in [3.05, 3.63) is 29.8 Å². The number of para-hydroxylation sites is 1. The summed E-state index contributed by atoms with van der Waals surface area (Å²) in [4.78, 5) is 11.0. The van der Waals surface area contributed by atoms with E-state index < -0.39 is 12.0 Å². The molecule has 1 aromatic carbocycles. The number of carboxylic acids is 1. The Morgan fingerprint density at radius 3 is 2.78 bits per heavy atom. The van der Waals surface area contributed by atoms with E-state index in [1.165, 1.54) is 0 Å². The van der Waals surface area contributed by atoms with Crippen molar-refractivity contribution in [2.45, 2.75) is 18.9 Å². The van der Waals surface area contributed by atoms with E-state index in [0.29, 0.717) is 19.4 Å². The summed E-state index contributed by atoms with van der Waals surface area (Å²) in [6.07, 6.45) is 3.19. The lowest BCUT2D eigenvalue weighted by Gasteiger charge is -2.14. The average Bonchev–Trinajstić information content (AvgIpc) is 2.35. The molecule has 0 aromatic heterocycles. The molecule has 4 nitrogen and oxygen atoms in total. The summed E-state index contributed by atoms with van der Waals surface area (Å²) >= 11 is 1.64. The van der Waals surface area contributed by atoms with Crippen LogP contribution in [0.25, 0.3) is 0 Å². The molecule has 0 heterocycles. The van der Waals surface area contributed by atoms with Crippen molar-refractivity contribution < 1.29 is 15.0 Å². The lowest BCUT2D eigenvalue weighted by Crippen LogP contribution is -2.38. The summed E-state index contributed by atoms with van der Waals surface area (Å²) in [6.45, 7) is 0.545. The molecule has 0 amide bonds. The number of benzene rings is 1. The maximum atomic E-state index is 11.0. The summed E-state index contributed by atoms with van der Waals surface area (Å²) in [6, 6.07) is 6.59. The Kier molecular flexibility index (Phi) is 6.60. The van der Waals surface area contributed by atoms with Gasteiger partial charge in [0.05, 0.1) is 0 Å². The number of phenols is 1. The maximum Gasteiger partial charge on any atom is 0.320 e. The Balaban J connectivity index is 2.39. The van der Waals surface area contributed by atoms with Gasteiger partial charge in [0.25, 0.3) is 0 Å². The highest BCUT2D eigenvalue weighted by atomic mass is 32.2. The van der Waals surface area contributed by atoms with E-state index >= 15 is 0 Å². The minimum Gasteiger partial charge on any atom is -0.508 e. The van der Waals surface area contributed by atoms with Crippen LogP contribution in [-0.4, -0.2) is 40.8 Å². The molecule has 0 radical (unpaired) electrons. The number of nitrogens with one attached hydrogen (secondary N) is 1. The highest BCUT2D eigenvalue weighted by Crippen LogP contribution is 2.15. The Bertz CT molecular complexity index is 384. The van der Waals surface area contributed by atoms with Crippen LogP contribution < -0.4 is 5.32 Å². The van der Waals surface area contributed by atoms with E-state index in [0.717, 1.165) is 11.3 Å². The Morgan fingerprint density at radius 1 is 1.44 bits per heavy atom. The highest BCUT2D eigenvalue weighted by molar-refractivity contribution is 7.98. The van der Waals surface area contributed by atoms with Crippen LogP contribution in [0.5, 0.6) is 5.75 Å². The molecule has 0 saturated heterocycles. The molecule has 3 N–H and O–H groups in total. The van der Waals surface area contributed by atoms with Crippen LogP contribution >= 0.6 is 11.8 Å². The molecule has 0 saturated carbocycles. The summed E-state index contributed by atoms with van der Waals surface area (Å²) in [5.41, 5.74) is 0.832. The van der Waals surface area contributed by atoms with Crippen molar-refractivity contribution in [3.63, 3.8) is 0 Å². The van der Waals surface area contributed by atoms with Gasteiger partial charge in [-0.15, -0.1) is 0 Å². The van der Waals surface area contributed by atoms with Gasteiger partial charge < -0.3 is 15.5 Å². The number of carboxylic acid groups (broad SMARTS) is 1. The molecule has 0 bridgehead atoms. The second-order valence-electron chi connectivity index (χ2n) is 4.01. The van der Waals surface area contributed by atoms with Gasteiger partial charge in [0.2, 0.25) is 0 Å². The van der Waals surface area contributed by atoms with Crippen molar-refractivity contribution in [3.8, 4) is 5.75 Å². The number of thioether (sulfide) groups is 1. The van der Waals surface area contributed by atoms with Crippen LogP contribution in [0, 0.1) is 0 Å². The molecule has 0 aliphatic heterocycles. The van der Waals surface area contributed by atoms with Crippen molar-refractivity contribution in [2.24, 2.45) is 0 Å². The smallest absolute Gasteiger partial charge is 0.320 e. The Hall–Kier alpha value is -1.20. The molecule has 0 spiro atoms. The first-order valence-electron chi connectivity index (χ1n) is 5.87. The van der Waals surface area contributed by atoms with Crippen LogP contribution in [0.1, 0.15) is 12.0 Å². The predicted molar refractivity (Wildman–Crippen MR) is 74.2 cm³/mol. The lowest BCUT2D eigenvalue weighted by molar-refractivity contribution is -0.139. The van der Waals surface area contributed by atoms with Gasteiger partial charge in [-0.1, -0.05) is 18.2 Å². The number of hydrogen-bond donors (Lipinski definition) is 3. The third-order valence-electron chi connectivity index (χ3n) is 2.69. The second kappa shape index (κ2) is 8.00. The number of aromatic hydroxyl groups is 1. The van der Waals surface area contributed by atoms with Crippen molar-refractivity contribution >= 4 is 17.7 Å². The molecular formula is C13H19NO3S. The lowest BCUT2D eigenvalue weighted by atomic mass is 10.1. The predicted octanol–water partition coefficient (Wildman–Crippen LogP) is 1.73. The van der Waals surface area contributed by atoms with Crippen molar-refractivity contribution in [1.29, 1.82) is 0 Å². The molecule has 18 heavy (non-hydrogen) atoms. The molecule has 0 aliphatic carbocycles. The van der Waals surface area contributed by atoms with Gasteiger partial charge in [0.15, 0.2) is 0 Å².